The molecule has 0 amide bonds. The lowest BCUT2D eigenvalue weighted by Crippen LogP contribution is -2.20. The first-order chi connectivity index (χ1) is 18.5. The molecule has 5 nitrogen and oxygen atoms in total. The normalized spacial score (nSPS) is 18.3. The number of unbranched alkanes of at least 4 members (excludes halogenated alkanes) is 1. The van der Waals surface area contributed by atoms with E-state index in [0.29, 0.717) is 43.1 Å². The summed E-state index contributed by atoms with van der Waals surface area (Å²) in [5.41, 5.74) is 2.74. The summed E-state index contributed by atoms with van der Waals surface area (Å²) in [4.78, 5) is 23.6. The smallest absolute Gasteiger partial charge is 0.389 e. The van der Waals surface area contributed by atoms with Gasteiger partial charge in [0.15, 0.2) is 0 Å². The van der Waals surface area contributed by atoms with Gasteiger partial charge in [-0.3, -0.25) is 0 Å². The zero-order valence-electron chi connectivity index (χ0n) is 23.1. The molecule has 1 N–H and O–H groups in total. The molecule has 1 unspecified atom stereocenters. The number of aliphatic hydroxyl groups is 1. The van der Waals surface area contributed by atoms with Crippen molar-refractivity contribution in [3.05, 3.63) is 59.7 Å². The van der Waals surface area contributed by atoms with Crippen LogP contribution in [0.25, 0.3) is 0 Å². The molecule has 1 aromatic carbocycles. The monoisotopic (exact) mass is 552 g/mol. The number of benzene rings is 1. The van der Waals surface area contributed by atoms with E-state index in [-0.39, 0.29) is 31.1 Å². The lowest BCUT2D eigenvalue weighted by atomic mass is 9.75. The summed E-state index contributed by atoms with van der Waals surface area (Å²) in [6, 6.07) is 8.34. The number of ether oxygens (including phenoxy) is 2. The van der Waals surface area contributed by atoms with Crippen molar-refractivity contribution >= 4 is 11.9 Å². The van der Waals surface area contributed by atoms with Gasteiger partial charge in [-0.1, -0.05) is 37.4 Å². The van der Waals surface area contributed by atoms with Gasteiger partial charge in [-0.05, 0) is 100 Å². The molecule has 0 saturated heterocycles. The molecule has 1 aliphatic carbocycles. The van der Waals surface area contributed by atoms with Crippen molar-refractivity contribution in [2.24, 2.45) is 11.8 Å². The molecule has 0 bridgehead atoms. The van der Waals surface area contributed by atoms with E-state index in [9.17, 15) is 22.8 Å². The summed E-state index contributed by atoms with van der Waals surface area (Å²) in [5, 5.41) is 9.04. The maximum atomic E-state index is 12.3. The summed E-state index contributed by atoms with van der Waals surface area (Å²) in [5.74, 6) is 0.210. The van der Waals surface area contributed by atoms with Crippen molar-refractivity contribution in [2.75, 3.05) is 19.8 Å². The molecule has 1 atom stereocenters. The van der Waals surface area contributed by atoms with Gasteiger partial charge < -0.3 is 14.6 Å². The number of aliphatic hydroxyl groups excluding tert-OH is 1. The molecular formula is C31H43F3O5. The highest BCUT2D eigenvalue weighted by atomic mass is 19.4. The minimum atomic E-state index is -4.08. The predicted molar refractivity (Wildman–Crippen MR) is 145 cm³/mol. The Morgan fingerprint density at radius 2 is 1.56 bits per heavy atom. The fraction of sp³-hybridized carbons (Fsp3) is 0.613. The van der Waals surface area contributed by atoms with E-state index in [4.69, 9.17) is 14.6 Å². The zero-order chi connectivity index (χ0) is 28.8. The predicted octanol–water partition coefficient (Wildman–Crippen LogP) is 7.23. The average molecular weight is 553 g/mol. The SMILES string of the molecule is C=C(C)C(=O)OCCC(CCOC(=O)C(=C)CO)CC1CCC(c2ccc(CCCCC(F)(F)F)cc2)CC1. The highest BCUT2D eigenvalue weighted by molar-refractivity contribution is 5.88. The summed E-state index contributed by atoms with van der Waals surface area (Å²) in [6.07, 6.45) is 3.10. The molecule has 1 fully saturated rings. The Balaban J connectivity index is 1.82. The number of alkyl halides is 3. The number of halogens is 3. The number of carbonyl (C=O) groups is 2. The first kappa shape index (κ1) is 32.6. The van der Waals surface area contributed by atoms with E-state index in [1.807, 2.05) is 12.1 Å². The molecule has 0 spiro atoms. The van der Waals surface area contributed by atoms with Gasteiger partial charge in [-0.25, -0.2) is 9.59 Å². The quantitative estimate of drug-likeness (QED) is 0.133. The molecule has 8 heteroatoms. The van der Waals surface area contributed by atoms with Crippen LogP contribution in [-0.4, -0.2) is 43.0 Å². The number of hydrogen-bond donors (Lipinski definition) is 1. The summed E-state index contributed by atoms with van der Waals surface area (Å²) >= 11 is 0. The van der Waals surface area contributed by atoms with Crippen molar-refractivity contribution in [1.82, 2.24) is 0 Å². The number of esters is 2. The van der Waals surface area contributed by atoms with Crippen LogP contribution in [0, 0.1) is 11.8 Å². The van der Waals surface area contributed by atoms with Gasteiger partial charge in [-0.15, -0.1) is 0 Å². The lowest BCUT2D eigenvalue weighted by molar-refractivity contribution is -0.140. The average Bonchev–Trinajstić information content (AvgIpc) is 2.90. The van der Waals surface area contributed by atoms with Gasteiger partial charge in [0.25, 0.3) is 0 Å². The third kappa shape index (κ3) is 12.9. The van der Waals surface area contributed by atoms with Crippen LogP contribution in [0.4, 0.5) is 13.2 Å². The van der Waals surface area contributed by atoms with Gasteiger partial charge in [0.1, 0.15) is 0 Å². The standard InChI is InChI=1S/C31H43F3O5/c1-22(2)29(36)38-18-15-26(16-19-39-30(37)23(3)21-35)20-25-9-13-28(14-10-25)27-11-7-24(8-12-27)6-4-5-17-31(32,33)34/h7-8,11-12,25-26,28,35H,1,3-6,9-10,13-21H2,2H3. The maximum absolute atomic E-state index is 12.3. The highest BCUT2D eigenvalue weighted by Crippen LogP contribution is 2.39. The van der Waals surface area contributed by atoms with E-state index in [1.165, 1.54) is 5.56 Å². The molecule has 0 radical (unpaired) electrons. The van der Waals surface area contributed by atoms with E-state index in [2.05, 4.69) is 25.3 Å². The van der Waals surface area contributed by atoms with Gasteiger partial charge in [-0.2, -0.15) is 13.2 Å². The van der Waals surface area contributed by atoms with Gasteiger partial charge in [0, 0.05) is 12.0 Å². The number of carbonyl (C=O) groups excluding carboxylic acids is 2. The van der Waals surface area contributed by atoms with Crippen LogP contribution in [0.2, 0.25) is 0 Å². The zero-order valence-corrected chi connectivity index (χ0v) is 23.1. The van der Waals surface area contributed by atoms with Crippen LogP contribution < -0.4 is 0 Å². The molecule has 1 aromatic rings. The molecule has 1 saturated carbocycles. The second-order valence-electron chi connectivity index (χ2n) is 10.8. The number of hydrogen-bond acceptors (Lipinski definition) is 5. The van der Waals surface area contributed by atoms with E-state index < -0.39 is 31.1 Å². The maximum Gasteiger partial charge on any atom is 0.389 e. The van der Waals surface area contributed by atoms with Crippen LogP contribution in [0.15, 0.2) is 48.6 Å². The van der Waals surface area contributed by atoms with Gasteiger partial charge in [0.2, 0.25) is 0 Å². The van der Waals surface area contributed by atoms with Crippen molar-refractivity contribution in [3.8, 4) is 0 Å². The largest absolute Gasteiger partial charge is 0.462 e. The Morgan fingerprint density at radius 1 is 0.974 bits per heavy atom. The Hall–Kier alpha value is -2.61. The van der Waals surface area contributed by atoms with Crippen LogP contribution in [0.1, 0.15) is 88.2 Å². The third-order valence-corrected chi connectivity index (χ3v) is 7.49. The van der Waals surface area contributed by atoms with Crippen molar-refractivity contribution in [2.45, 2.75) is 89.6 Å². The molecule has 0 aromatic heterocycles. The summed E-state index contributed by atoms with van der Waals surface area (Å²) in [7, 11) is 0. The Bertz CT molecular complexity index is 931. The third-order valence-electron chi connectivity index (χ3n) is 7.49. The second-order valence-corrected chi connectivity index (χ2v) is 10.8. The fourth-order valence-electron chi connectivity index (χ4n) is 5.12. The highest BCUT2D eigenvalue weighted by Gasteiger charge is 2.26. The molecule has 0 heterocycles. The van der Waals surface area contributed by atoms with Crippen molar-refractivity contribution in [3.63, 3.8) is 0 Å². The van der Waals surface area contributed by atoms with Crippen LogP contribution >= 0.6 is 0 Å². The Labute approximate surface area is 230 Å². The first-order valence-corrected chi connectivity index (χ1v) is 13.9. The Morgan fingerprint density at radius 3 is 2.10 bits per heavy atom. The van der Waals surface area contributed by atoms with Crippen molar-refractivity contribution < 1.29 is 37.3 Å². The van der Waals surface area contributed by atoms with E-state index in [1.54, 1.807) is 6.92 Å². The van der Waals surface area contributed by atoms with Gasteiger partial charge in [0.05, 0.1) is 25.4 Å². The molecule has 218 valence electrons. The number of aryl methyl sites for hydroxylation is 1. The fourth-order valence-corrected chi connectivity index (χ4v) is 5.12. The van der Waals surface area contributed by atoms with E-state index >= 15 is 0 Å². The number of rotatable bonds is 16. The van der Waals surface area contributed by atoms with Crippen LogP contribution in [0.3, 0.4) is 0 Å². The Kier molecular flexibility index (Phi) is 13.8. The van der Waals surface area contributed by atoms with Gasteiger partial charge >= 0.3 is 18.1 Å². The second kappa shape index (κ2) is 16.5. The first-order valence-electron chi connectivity index (χ1n) is 13.9. The molecule has 39 heavy (non-hydrogen) atoms. The van der Waals surface area contributed by atoms with Crippen LogP contribution in [-0.2, 0) is 25.5 Å². The topological polar surface area (TPSA) is 72.8 Å². The minimum Gasteiger partial charge on any atom is -0.462 e. The van der Waals surface area contributed by atoms with E-state index in [0.717, 1.165) is 37.7 Å². The molecule has 1 aliphatic rings. The summed E-state index contributed by atoms with van der Waals surface area (Å²) < 4.78 is 47.5. The minimum absolute atomic E-state index is 0.0229. The van der Waals surface area contributed by atoms with Crippen LogP contribution in [0.5, 0.6) is 0 Å². The molecular weight excluding hydrogens is 509 g/mol. The molecule has 0 aliphatic heterocycles. The summed E-state index contributed by atoms with van der Waals surface area (Å²) in [6.45, 7) is 8.76. The lowest BCUT2D eigenvalue weighted by Gasteiger charge is -2.31. The molecule has 2 rings (SSSR count). The van der Waals surface area contributed by atoms with Crippen molar-refractivity contribution in [1.29, 1.82) is 0 Å².